The normalized spacial score (nSPS) is 10.8. The lowest BCUT2D eigenvalue weighted by molar-refractivity contribution is -0.143. The van der Waals surface area contributed by atoms with Crippen molar-refractivity contribution in [3.8, 4) is 0 Å². The topological polar surface area (TPSA) is 124 Å². The fourth-order valence-corrected chi connectivity index (χ4v) is 3.32. The van der Waals surface area contributed by atoms with Crippen LogP contribution in [0.2, 0.25) is 0 Å². The first-order chi connectivity index (χ1) is 18.5. The van der Waals surface area contributed by atoms with Crippen molar-refractivity contribution in [2.75, 3.05) is 33.7 Å². The Labute approximate surface area is 271 Å². The monoisotopic (exact) mass is 808 g/mol. The smallest absolute Gasteiger partial charge is 0.323 e. The van der Waals surface area contributed by atoms with Gasteiger partial charge in [0.1, 0.15) is 12.1 Å². The first-order valence-electron chi connectivity index (χ1n) is 11.8. The van der Waals surface area contributed by atoms with Crippen molar-refractivity contribution < 1.29 is 19.1 Å². The van der Waals surface area contributed by atoms with Crippen molar-refractivity contribution in [1.82, 2.24) is 10.6 Å². The van der Waals surface area contributed by atoms with Gasteiger partial charge in [0.2, 0.25) is 0 Å². The highest BCUT2D eigenvalue weighted by Crippen LogP contribution is 2.10. The molecule has 2 aromatic rings. The molecule has 0 aliphatic carbocycles. The van der Waals surface area contributed by atoms with E-state index in [1.165, 1.54) is 21.4 Å². The Morgan fingerprint density at radius 3 is 1.15 bits per heavy atom. The van der Waals surface area contributed by atoms with Gasteiger partial charge in [-0.1, -0.05) is 45.0 Å². The molecule has 2 atom stereocenters. The second-order valence-corrected chi connectivity index (χ2v) is 11.5. The molecule has 39 heavy (non-hydrogen) atoms. The second kappa shape index (κ2) is 28.3. The molecule has 12 heteroatoms. The Balaban J connectivity index is -0.000000511. The summed E-state index contributed by atoms with van der Waals surface area (Å²) in [6.45, 7) is 6.50. The summed E-state index contributed by atoms with van der Waals surface area (Å²) in [5.74, 6) is 0.382. The zero-order valence-corrected chi connectivity index (χ0v) is 29.3. The van der Waals surface area contributed by atoms with E-state index in [1.54, 1.807) is 14.1 Å². The Morgan fingerprint density at radius 2 is 0.974 bits per heavy atom. The number of halogens is 4. The fraction of sp³-hybridized carbons (Fsp3) is 0.481. The van der Waals surface area contributed by atoms with Gasteiger partial charge in [0.05, 0.1) is 19.6 Å². The summed E-state index contributed by atoms with van der Waals surface area (Å²) >= 11 is 14.0. The minimum absolute atomic E-state index is 0.194. The minimum atomic E-state index is -0.268. The molecule has 0 aromatic heterocycles. The van der Waals surface area contributed by atoms with Crippen LogP contribution in [0.5, 0.6) is 0 Å². The molecule has 2 rings (SSSR count). The number of alkyl halides is 2. The van der Waals surface area contributed by atoms with Gasteiger partial charge >= 0.3 is 11.9 Å². The number of likely N-dealkylation sites (N-methyl/N-ethyl adjacent to an activating group) is 2. The van der Waals surface area contributed by atoms with Crippen LogP contribution in [0.3, 0.4) is 0 Å². The second-order valence-electron chi connectivity index (χ2n) is 8.22. The molecule has 0 fully saturated rings. The SMILES string of the molecule is CC(C)C.CN[C@@H](Cc1ccc(I)cc1)C(=O)OC.CN[C@@H](Cc1ccc(I)cc1)C(=O)OC.ClCCl.N#N. The summed E-state index contributed by atoms with van der Waals surface area (Å²) in [5, 5.41) is 18.1. The molecule has 0 bridgehead atoms. The van der Waals surface area contributed by atoms with E-state index in [-0.39, 0.29) is 29.4 Å². The summed E-state index contributed by atoms with van der Waals surface area (Å²) in [7, 11) is 6.32. The Hall–Kier alpha value is -1.24. The van der Waals surface area contributed by atoms with Gasteiger partial charge in [0.25, 0.3) is 0 Å². The highest BCUT2D eigenvalue weighted by atomic mass is 127. The van der Waals surface area contributed by atoms with Crippen LogP contribution in [0.25, 0.3) is 0 Å². The minimum Gasteiger partial charge on any atom is -0.468 e. The molecule has 0 aliphatic rings. The quantitative estimate of drug-likeness (QED) is 0.138. The van der Waals surface area contributed by atoms with Crippen molar-refractivity contribution in [3.05, 3.63) is 66.8 Å². The third-order valence-corrected chi connectivity index (χ3v) is 5.81. The number of nitrogens with one attached hydrogen (secondary N) is 2. The first kappa shape index (κ1) is 42.2. The lowest BCUT2D eigenvalue weighted by atomic mass is 10.1. The van der Waals surface area contributed by atoms with Crippen molar-refractivity contribution in [1.29, 1.82) is 10.8 Å². The number of carbonyl (C=O) groups is 2. The average molecular weight is 809 g/mol. The van der Waals surface area contributed by atoms with E-state index in [0.29, 0.717) is 12.8 Å². The molecule has 8 nitrogen and oxygen atoms in total. The number of carbonyl (C=O) groups excluding carboxylic acids is 2. The van der Waals surface area contributed by atoms with Gasteiger partial charge in [0.15, 0.2) is 0 Å². The maximum Gasteiger partial charge on any atom is 0.323 e. The number of hydrogen-bond donors (Lipinski definition) is 2. The van der Waals surface area contributed by atoms with E-state index in [2.05, 4.69) is 76.6 Å². The highest BCUT2D eigenvalue weighted by Gasteiger charge is 2.17. The number of nitrogens with zero attached hydrogens (tertiary/aromatic N) is 2. The first-order valence-corrected chi connectivity index (χ1v) is 15.0. The molecule has 0 saturated heterocycles. The summed E-state index contributed by atoms with van der Waals surface area (Å²) < 4.78 is 11.8. The number of esters is 2. The zero-order chi connectivity index (χ0) is 30.8. The molecule has 0 spiro atoms. The van der Waals surface area contributed by atoms with Crippen LogP contribution in [0.4, 0.5) is 0 Å². The van der Waals surface area contributed by atoms with E-state index >= 15 is 0 Å². The summed E-state index contributed by atoms with van der Waals surface area (Å²) in [4.78, 5) is 22.7. The van der Waals surface area contributed by atoms with Crippen molar-refractivity contribution in [2.45, 2.75) is 45.7 Å². The lowest BCUT2D eigenvalue weighted by Crippen LogP contribution is -2.36. The molecule has 0 radical (unpaired) electrons. The number of ether oxygens (including phenoxy) is 2. The van der Waals surface area contributed by atoms with E-state index in [1.807, 2.05) is 48.5 Å². The fourth-order valence-electron chi connectivity index (χ4n) is 2.60. The Kier molecular flexibility index (Phi) is 30.6. The number of hydrogen-bond acceptors (Lipinski definition) is 8. The molecular weight excluding hydrogens is 769 g/mol. The van der Waals surface area contributed by atoms with Crippen LogP contribution in [0.1, 0.15) is 31.9 Å². The van der Waals surface area contributed by atoms with Crippen LogP contribution in [-0.4, -0.2) is 57.7 Å². The molecule has 2 N–H and O–H groups in total. The molecular formula is C27H40Cl2I2N4O4. The van der Waals surface area contributed by atoms with Crippen molar-refractivity contribution in [3.63, 3.8) is 0 Å². The predicted molar refractivity (Wildman–Crippen MR) is 176 cm³/mol. The van der Waals surface area contributed by atoms with Gasteiger partial charge < -0.3 is 20.1 Å². The average Bonchev–Trinajstić information content (AvgIpc) is 2.93. The lowest BCUT2D eigenvalue weighted by Gasteiger charge is -2.13. The Morgan fingerprint density at radius 1 is 0.744 bits per heavy atom. The molecule has 220 valence electrons. The third kappa shape index (κ3) is 24.3. The third-order valence-electron chi connectivity index (χ3n) is 4.37. The molecule has 0 saturated carbocycles. The van der Waals surface area contributed by atoms with Crippen LogP contribution in [0, 0.1) is 23.8 Å². The van der Waals surface area contributed by atoms with Gasteiger partial charge in [-0.05, 0) is 113 Å². The van der Waals surface area contributed by atoms with E-state index < -0.39 is 0 Å². The molecule has 0 unspecified atom stereocenters. The largest absolute Gasteiger partial charge is 0.468 e. The maximum absolute atomic E-state index is 11.3. The van der Waals surface area contributed by atoms with Gasteiger partial charge in [-0.15, -0.1) is 23.2 Å². The number of benzene rings is 2. The Bertz CT molecular complexity index is 833. The van der Waals surface area contributed by atoms with E-state index in [0.717, 1.165) is 17.0 Å². The van der Waals surface area contributed by atoms with Gasteiger partial charge in [-0.2, -0.15) is 0 Å². The van der Waals surface area contributed by atoms with Crippen LogP contribution in [0.15, 0.2) is 48.5 Å². The van der Waals surface area contributed by atoms with Gasteiger partial charge in [-0.3, -0.25) is 9.59 Å². The standard InChI is InChI=1S/2C11H14INO2.C4H10.CH2Cl2.N2/c2*1-13-10(11(14)15-2)7-8-3-5-9(12)6-4-8;1-4(2)3;2-1-3;1-2/h2*3-6,10,13H,7H2,1-2H3;4H,1-3H3;1H2;/t2*10-;;;/m00.../s1. The zero-order valence-electron chi connectivity index (χ0n) is 23.5. The van der Waals surface area contributed by atoms with Gasteiger partial charge in [0, 0.05) is 17.9 Å². The molecule has 0 aliphatic heterocycles. The van der Waals surface area contributed by atoms with Crippen LogP contribution < -0.4 is 10.6 Å². The summed E-state index contributed by atoms with van der Waals surface area (Å²) in [5.41, 5.74) is 2.25. The maximum atomic E-state index is 11.3. The predicted octanol–water partition coefficient (Wildman–Crippen LogP) is 6.30. The molecule has 0 amide bonds. The van der Waals surface area contributed by atoms with E-state index in [4.69, 9.17) is 43.5 Å². The summed E-state index contributed by atoms with van der Waals surface area (Å²) in [6, 6.07) is 15.7. The van der Waals surface area contributed by atoms with Gasteiger partial charge in [-0.25, -0.2) is 0 Å². The number of rotatable bonds is 8. The number of methoxy groups -OCH3 is 2. The highest BCUT2D eigenvalue weighted by molar-refractivity contribution is 14.1. The van der Waals surface area contributed by atoms with E-state index in [9.17, 15) is 9.59 Å². The van der Waals surface area contributed by atoms with Crippen LogP contribution >= 0.6 is 68.4 Å². The van der Waals surface area contributed by atoms with Crippen molar-refractivity contribution in [2.24, 2.45) is 5.92 Å². The molecule has 0 heterocycles. The molecule has 2 aromatic carbocycles. The van der Waals surface area contributed by atoms with Crippen molar-refractivity contribution >= 4 is 80.3 Å². The van der Waals surface area contributed by atoms with Crippen LogP contribution in [-0.2, 0) is 31.9 Å². The summed E-state index contributed by atoms with van der Waals surface area (Å²) in [6.07, 6.45) is 1.31.